The highest BCUT2D eigenvalue weighted by molar-refractivity contribution is 6.30. The van der Waals surface area contributed by atoms with Crippen LogP contribution in [0.5, 0.6) is 0 Å². The molecule has 150 valence electrons. The third kappa shape index (κ3) is 6.75. The number of likely N-dealkylation sites (tertiary alicyclic amines) is 1. The summed E-state index contributed by atoms with van der Waals surface area (Å²) in [6, 6.07) is 8.15. The summed E-state index contributed by atoms with van der Waals surface area (Å²) in [5.41, 5.74) is 1.33. The number of hydroxylamine groups is 2. The lowest BCUT2D eigenvalue weighted by Crippen LogP contribution is -2.42. The van der Waals surface area contributed by atoms with Crippen LogP contribution in [0.4, 0.5) is 0 Å². The van der Waals surface area contributed by atoms with Crippen molar-refractivity contribution in [2.24, 2.45) is 5.92 Å². The zero-order valence-electron chi connectivity index (χ0n) is 16.4. The third-order valence-electron chi connectivity index (χ3n) is 5.59. The van der Waals surface area contributed by atoms with E-state index in [1.165, 1.54) is 18.4 Å². The maximum absolute atomic E-state index is 12.4. The van der Waals surface area contributed by atoms with Crippen molar-refractivity contribution in [1.82, 2.24) is 14.9 Å². The third-order valence-corrected chi connectivity index (χ3v) is 5.84. The Morgan fingerprint density at radius 1 is 1.22 bits per heavy atom. The fourth-order valence-electron chi connectivity index (χ4n) is 4.02. The molecule has 0 N–H and O–H groups in total. The Balaban J connectivity index is 1.37. The van der Waals surface area contributed by atoms with Gasteiger partial charge in [0.05, 0.1) is 6.61 Å². The van der Waals surface area contributed by atoms with E-state index in [9.17, 15) is 4.79 Å². The second-order valence-corrected chi connectivity index (χ2v) is 8.26. The van der Waals surface area contributed by atoms with E-state index in [0.717, 1.165) is 57.2 Å². The average molecular weight is 394 g/mol. The molecule has 0 spiro atoms. The minimum absolute atomic E-state index is 0.226. The number of nitrogens with zero attached hydrogens (tertiary/aromatic N) is 3. The molecule has 1 amide bonds. The first-order valence-corrected chi connectivity index (χ1v) is 10.6. The van der Waals surface area contributed by atoms with Crippen molar-refractivity contribution in [3.63, 3.8) is 0 Å². The molecule has 0 saturated carbocycles. The molecule has 0 radical (unpaired) electrons. The highest BCUT2D eigenvalue weighted by Gasteiger charge is 2.23. The van der Waals surface area contributed by atoms with Gasteiger partial charge in [-0.05, 0) is 55.8 Å². The van der Waals surface area contributed by atoms with Crippen LogP contribution in [0.1, 0.15) is 31.2 Å². The summed E-state index contributed by atoms with van der Waals surface area (Å²) < 4.78 is 0. The second-order valence-electron chi connectivity index (χ2n) is 7.83. The summed E-state index contributed by atoms with van der Waals surface area (Å²) in [6.45, 7) is 6.62. The summed E-state index contributed by atoms with van der Waals surface area (Å²) in [6.07, 6.45) is 5.09. The number of piperidine rings is 1. The van der Waals surface area contributed by atoms with E-state index < -0.39 is 0 Å². The number of halogens is 1. The Hall–Kier alpha value is -1.14. The molecule has 0 aromatic heterocycles. The molecule has 2 fully saturated rings. The molecular weight excluding hydrogens is 362 g/mol. The number of hydrogen-bond acceptors (Lipinski definition) is 4. The number of amides is 1. The van der Waals surface area contributed by atoms with Gasteiger partial charge in [-0.2, -0.15) is 5.06 Å². The van der Waals surface area contributed by atoms with Gasteiger partial charge in [-0.1, -0.05) is 23.7 Å². The topological polar surface area (TPSA) is 36.0 Å². The molecule has 1 atom stereocenters. The van der Waals surface area contributed by atoms with E-state index >= 15 is 0 Å². The van der Waals surface area contributed by atoms with Crippen LogP contribution in [-0.2, 0) is 16.1 Å². The van der Waals surface area contributed by atoms with Crippen LogP contribution < -0.4 is 0 Å². The van der Waals surface area contributed by atoms with Crippen molar-refractivity contribution < 1.29 is 9.63 Å². The fraction of sp³-hybridized carbons (Fsp3) is 0.667. The molecule has 2 heterocycles. The Kier molecular flexibility index (Phi) is 7.94. The monoisotopic (exact) mass is 393 g/mol. The maximum atomic E-state index is 12.4. The minimum atomic E-state index is 0.226. The molecule has 0 unspecified atom stereocenters. The van der Waals surface area contributed by atoms with Gasteiger partial charge in [-0.15, -0.1) is 0 Å². The molecule has 2 saturated heterocycles. The van der Waals surface area contributed by atoms with Crippen molar-refractivity contribution >= 4 is 17.5 Å². The Labute approximate surface area is 168 Å². The molecule has 0 aliphatic carbocycles. The first-order chi connectivity index (χ1) is 13.1. The van der Waals surface area contributed by atoms with Gasteiger partial charge < -0.3 is 9.80 Å². The van der Waals surface area contributed by atoms with Gasteiger partial charge in [0.1, 0.15) is 0 Å². The molecule has 1 aromatic rings. The Bertz CT molecular complexity index is 590. The van der Waals surface area contributed by atoms with E-state index in [1.54, 1.807) is 0 Å². The number of rotatable bonds is 8. The summed E-state index contributed by atoms with van der Waals surface area (Å²) in [4.78, 5) is 22.3. The van der Waals surface area contributed by atoms with Crippen LogP contribution in [0.3, 0.4) is 0 Å². The molecule has 5 nitrogen and oxygen atoms in total. The van der Waals surface area contributed by atoms with Gasteiger partial charge in [0.2, 0.25) is 5.91 Å². The van der Waals surface area contributed by atoms with Gasteiger partial charge in [0, 0.05) is 51.2 Å². The van der Waals surface area contributed by atoms with E-state index in [4.69, 9.17) is 16.4 Å². The van der Waals surface area contributed by atoms with Crippen molar-refractivity contribution in [1.29, 1.82) is 0 Å². The van der Waals surface area contributed by atoms with Crippen LogP contribution in [-0.4, -0.2) is 73.7 Å². The standard InChI is InChI=1S/C21H32ClN3O2/c1-23(21(26)10-14-25-12-3-15-27-25)16-19-4-2-11-24(17-19)13-9-18-5-7-20(22)8-6-18/h5-8,19H,2-4,9-17H2,1H3/t19-/m0/s1. The normalized spacial score (nSPS) is 21.5. The van der Waals surface area contributed by atoms with E-state index in [0.29, 0.717) is 18.9 Å². The van der Waals surface area contributed by atoms with Gasteiger partial charge in [0.25, 0.3) is 0 Å². The number of carbonyl (C=O) groups excluding carboxylic acids is 1. The Morgan fingerprint density at radius 2 is 2.04 bits per heavy atom. The van der Waals surface area contributed by atoms with Crippen LogP contribution in [0.15, 0.2) is 24.3 Å². The smallest absolute Gasteiger partial charge is 0.223 e. The molecule has 1 aromatic carbocycles. The number of benzene rings is 1. The zero-order chi connectivity index (χ0) is 19.1. The fourth-order valence-corrected chi connectivity index (χ4v) is 4.14. The van der Waals surface area contributed by atoms with Crippen molar-refractivity contribution in [2.75, 3.05) is 52.9 Å². The lowest BCUT2D eigenvalue weighted by Gasteiger charge is -2.35. The first kappa shape index (κ1) is 20.6. The second kappa shape index (κ2) is 10.4. The largest absolute Gasteiger partial charge is 0.345 e. The quantitative estimate of drug-likeness (QED) is 0.680. The summed E-state index contributed by atoms with van der Waals surface area (Å²) in [5, 5.41) is 2.71. The highest BCUT2D eigenvalue weighted by Crippen LogP contribution is 2.19. The summed E-state index contributed by atoms with van der Waals surface area (Å²) >= 11 is 5.96. The van der Waals surface area contributed by atoms with Gasteiger partial charge >= 0.3 is 0 Å². The SMILES string of the molecule is CN(C[C@@H]1CCCN(CCc2ccc(Cl)cc2)C1)C(=O)CCN1CCCO1. The van der Waals surface area contributed by atoms with Gasteiger partial charge in [-0.3, -0.25) is 9.63 Å². The maximum Gasteiger partial charge on any atom is 0.223 e. The zero-order valence-corrected chi connectivity index (χ0v) is 17.2. The van der Waals surface area contributed by atoms with E-state index in [2.05, 4.69) is 17.0 Å². The molecule has 3 rings (SSSR count). The number of hydrogen-bond donors (Lipinski definition) is 0. The average Bonchev–Trinajstić information content (AvgIpc) is 3.19. The molecule has 27 heavy (non-hydrogen) atoms. The first-order valence-electron chi connectivity index (χ1n) is 10.2. The predicted molar refractivity (Wildman–Crippen MR) is 109 cm³/mol. The highest BCUT2D eigenvalue weighted by atomic mass is 35.5. The molecule has 0 bridgehead atoms. The molecule has 2 aliphatic heterocycles. The lowest BCUT2D eigenvalue weighted by molar-refractivity contribution is -0.138. The molecule has 6 heteroatoms. The van der Waals surface area contributed by atoms with Crippen LogP contribution in [0, 0.1) is 5.92 Å². The van der Waals surface area contributed by atoms with Gasteiger partial charge in [-0.25, -0.2) is 0 Å². The van der Waals surface area contributed by atoms with Crippen molar-refractivity contribution in [2.45, 2.75) is 32.1 Å². The van der Waals surface area contributed by atoms with E-state index in [-0.39, 0.29) is 5.91 Å². The predicted octanol–water partition coefficient (Wildman–Crippen LogP) is 3.08. The summed E-state index contributed by atoms with van der Waals surface area (Å²) in [5.74, 6) is 0.796. The molecular formula is C21H32ClN3O2. The number of carbonyl (C=O) groups is 1. The van der Waals surface area contributed by atoms with Crippen LogP contribution in [0.25, 0.3) is 0 Å². The van der Waals surface area contributed by atoms with E-state index in [1.807, 2.05) is 29.1 Å². The Morgan fingerprint density at radius 3 is 2.78 bits per heavy atom. The van der Waals surface area contributed by atoms with Crippen molar-refractivity contribution in [3.05, 3.63) is 34.9 Å². The van der Waals surface area contributed by atoms with Crippen LogP contribution >= 0.6 is 11.6 Å². The summed E-state index contributed by atoms with van der Waals surface area (Å²) in [7, 11) is 1.94. The van der Waals surface area contributed by atoms with Gasteiger partial charge in [0.15, 0.2) is 0 Å². The minimum Gasteiger partial charge on any atom is -0.345 e. The lowest BCUT2D eigenvalue weighted by atomic mass is 9.97. The van der Waals surface area contributed by atoms with Crippen LogP contribution in [0.2, 0.25) is 5.02 Å². The molecule has 2 aliphatic rings. The van der Waals surface area contributed by atoms with Crippen molar-refractivity contribution in [3.8, 4) is 0 Å².